The molecule has 0 radical (unpaired) electrons. The number of carbonyl (C=O) groups is 1. The zero-order valence-corrected chi connectivity index (χ0v) is 12.2. The van der Waals surface area contributed by atoms with Gasteiger partial charge in [-0.2, -0.15) is 0 Å². The zero-order valence-electron chi connectivity index (χ0n) is 11.4. The maximum absolute atomic E-state index is 12.5. The van der Waals surface area contributed by atoms with Crippen LogP contribution in [0.5, 0.6) is 0 Å². The van der Waals surface area contributed by atoms with Gasteiger partial charge in [-0.05, 0) is 40.2 Å². The molecule has 0 atom stereocenters. The number of hydrogen-bond donors (Lipinski definition) is 0. The van der Waals surface area contributed by atoms with E-state index in [0.29, 0.717) is 5.56 Å². The lowest BCUT2D eigenvalue weighted by Gasteiger charge is -2.13. The Morgan fingerprint density at radius 1 is 1.28 bits per heavy atom. The van der Waals surface area contributed by atoms with Gasteiger partial charge in [0, 0.05) is 17.1 Å². The van der Waals surface area contributed by atoms with Gasteiger partial charge < -0.3 is 4.57 Å². The van der Waals surface area contributed by atoms with E-state index in [9.17, 15) is 9.59 Å². The molecule has 3 nitrogen and oxygen atoms in total. The van der Waals surface area contributed by atoms with E-state index in [1.165, 1.54) is 6.92 Å². The minimum absolute atomic E-state index is 0.110. The lowest BCUT2D eigenvalue weighted by molar-refractivity contribution is 0.101. The van der Waals surface area contributed by atoms with Crippen LogP contribution in [0.1, 0.15) is 40.3 Å². The van der Waals surface area contributed by atoms with Gasteiger partial charge in [0.1, 0.15) is 4.83 Å². The topological polar surface area (TPSA) is 39.1 Å². The van der Waals surface area contributed by atoms with Crippen molar-refractivity contribution in [2.75, 3.05) is 0 Å². The Morgan fingerprint density at radius 3 is 2.39 bits per heavy atom. The van der Waals surface area contributed by atoms with E-state index in [-0.39, 0.29) is 11.2 Å². The van der Waals surface area contributed by atoms with Crippen LogP contribution in [-0.4, -0.2) is 10.4 Å². The molecule has 96 valence electrons. The smallest absolute Gasteiger partial charge is 0.201 e. The number of aromatic nitrogens is 1. The average molecular weight is 263 g/mol. The van der Waals surface area contributed by atoms with Crippen molar-refractivity contribution in [3.63, 3.8) is 0 Å². The minimum atomic E-state index is -0.148. The van der Waals surface area contributed by atoms with Crippen LogP contribution < -0.4 is 5.43 Å². The first-order valence-corrected chi connectivity index (χ1v) is 6.85. The van der Waals surface area contributed by atoms with E-state index in [1.807, 2.05) is 27.7 Å². The summed E-state index contributed by atoms with van der Waals surface area (Å²) in [6.45, 7) is 10.1. The van der Waals surface area contributed by atoms with Crippen molar-refractivity contribution in [3.8, 4) is 0 Å². The number of rotatable bonds is 2. The summed E-state index contributed by atoms with van der Waals surface area (Å²) in [5.74, 6) is -0.148. The van der Waals surface area contributed by atoms with Crippen LogP contribution in [0.2, 0.25) is 0 Å². The third kappa shape index (κ3) is 1.63. The molecule has 0 aliphatic carbocycles. The van der Waals surface area contributed by atoms with E-state index in [4.69, 9.17) is 0 Å². The Kier molecular flexibility index (Phi) is 3.15. The Morgan fingerprint density at radius 2 is 1.89 bits per heavy atom. The van der Waals surface area contributed by atoms with E-state index in [1.54, 1.807) is 11.3 Å². The maximum Gasteiger partial charge on any atom is 0.201 e. The van der Waals surface area contributed by atoms with Crippen molar-refractivity contribution in [2.45, 2.75) is 41.2 Å². The summed E-state index contributed by atoms with van der Waals surface area (Å²) in [6.07, 6.45) is 0. The van der Waals surface area contributed by atoms with Crippen molar-refractivity contribution in [1.29, 1.82) is 0 Å². The molecule has 2 rings (SSSR count). The molecule has 0 unspecified atom stereocenters. The predicted molar refractivity (Wildman–Crippen MR) is 76.0 cm³/mol. The fraction of sp³-hybridized carbons (Fsp3) is 0.429. The van der Waals surface area contributed by atoms with Gasteiger partial charge >= 0.3 is 0 Å². The second kappa shape index (κ2) is 4.35. The fourth-order valence-electron chi connectivity index (χ4n) is 2.44. The average Bonchev–Trinajstić information content (AvgIpc) is 2.55. The monoisotopic (exact) mass is 263 g/mol. The quantitative estimate of drug-likeness (QED) is 0.780. The lowest BCUT2D eigenvalue weighted by Crippen LogP contribution is -2.20. The van der Waals surface area contributed by atoms with Gasteiger partial charge in [0.2, 0.25) is 5.43 Å². The van der Waals surface area contributed by atoms with Crippen molar-refractivity contribution in [3.05, 3.63) is 31.9 Å². The van der Waals surface area contributed by atoms with Gasteiger partial charge in [0.25, 0.3) is 0 Å². The van der Waals surface area contributed by atoms with Crippen molar-refractivity contribution >= 4 is 27.3 Å². The third-order valence-electron chi connectivity index (χ3n) is 3.50. The second-order valence-electron chi connectivity index (χ2n) is 4.55. The summed E-state index contributed by atoms with van der Waals surface area (Å²) in [4.78, 5) is 26.3. The third-order valence-corrected chi connectivity index (χ3v) is 4.73. The van der Waals surface area contributed by atoms with Gasteiger partial charge in [0.15, 0.2) is 5.78 Å². The molecular weight excluding hydrogens is 246 g/mol. The van der Waals surface area contributed by atoms with Gasteiger partial charge in [-0.3, -0.25) is 9.59 Å². The van der Waals surface area contributed by atoms with Crippen LogP contribution in [-0.2, 0) is 6.54 Å². The highest BCUT2D eigenvalue weighted by Gasteiger charge is 2.20. The molecule has 0 saturated carbocycles. The normalized spacial score (nSPS) is 11.2. The summed E-state index contributed by atoms with van der Waals surface area (Å²) < 4.78 is 2.07. The SMILES string of the molecule is CCn1c(C)c(C(C)=O)c(=O)c2c(C)c(C)sc21. The van der Waals surface area contributed by atoms with Crippen LogP contribution in [0.3, 0.4) is 0 Å². The molecule has 2 aromatic heterocycles. The molecular formula is C14H17NO2S. The Balaban J connectivity index is 3.11. The Labute approximate surface area is 110 Å². The number of Topliss-reactive ketones (excluding diaryl/α,β-unsaturated/α-hetero) is 1. The first kappa shape index (κ1) is 13.0. The predicted octanol–water partition coefficient (Wildman–Crippen LogP) is 3.21. The largest absolute Gasteiger partial charge is 0.336 e. The van der Waals surface area contributed by atoms with E-state index < -0.39 is 0 Å². The molecule has 0 bridgehead atoms. The van der Waals surface area contributed by atoms with E-state index in [2.05, 4.69) is 4.57 Å². The van der Waals surface area contributed by atoms with Crippen molar-refractivity contribution in [1.82, 2.24) is 4.57 Å². The zero-order chi connectivity index (χ0) is 13.6. The molecule has 0 amide bonds. The van der Waals surface area contributed by atoms with Crippen LogP contribution in [0, 0.1) is 20.8 Å². The number of hydrogen-bond acceptors (Lipinski definition) is 3. The van der Waals surface area contributed by atoms with Gasteiger partial charge in [-0.15, -0.1) is 11.3 Å². The summed E-state index contributed by atoms with van der Waals surface area (Å²) in [5, 5.41) is 0.718. The number of aryl methyl sites for hydroxylation is 3. The molecule has 18 heavy (non-hydrogen) atoms. The van der Waals surface area contributed by atoms with Gasteiger partial charge in [0.05, 0.1) is 10.9 Å². The van der Waals surface area contributed by atoms with Crippen molar-refractivity contribution in [2.24, 2.45) is 0 Å². The molecule has 0 saturated heterocycles. The summed E-state index contributed by atoms with van der Waals surface area (Å²) in [6, 6.07) is 0. The number of ketones is 1. The summed E-state index contributed by atoms with van der Waals surface area (Å²) >= 11 is 1.63. The minimum Gasteiger partial charge on any atom is -0.336 e. The first-order chi connectivity index (χ1) is 8.40. The van der Waals surface area contributed by atoms with E-state index >= 15 is 0 Å². The molecule has 0 aliphatic heterocycles. The van der Waals surface area contributed by atoms with E-state index in [0.717, 1.165) is 32.9 Å². The Hall–Kier alpha value is -1.42. The molecule has 2 aromatic rings. The maximum atomic E-state index is 12.5. The first-order valence-electron chi connectivity index (χ1n) is 6.04. The molecule has 4 heteroatoms. The number of nitrogens with zero attached hydrogens (tertiary/aromatic N) is 1. The van der Waals surface area contributed by atoms with Crippen LogP contribution >= 0.6 is 11.3 Å². The van der Waals surface area contributed by atoms with Crippen LogP contribution in [0.25, 0.3) is 10.2 Å². The van der Waals surface area contributed by atoms with Gasteiger partial charge in [-0.25, -0.2) is 0 Å². The molecule has 0 spiro atoms. The van der Waals surface area contributed by atoms with Crippen LogP contribution in [0.15, 0.2) is 4.79 Å². The summed E-state index contributed by atoms with van der Waals surface area (Å²) in [5.41, 5.74) is 2.01. The van der Waals surface area contributed by atoms with Crippen molar-refractivity contribution < 1.29 is 4.79 Å². The molecule has 0 N–H and O–H groups in total. The lowest BCUT2D eigenvalue weighted by atomic mass is 10.1. The summed E-state index contributed by atoms with van der Waals surface area (Å²) in [7, 11) is 0. The van der Waals surface area contributed by atoms with Gasteiger partial charge in [-0.1, -0.05) is 0 Å². The highest BCUT2D eigenvalue weighted by molar-refractivity contribution is 7.18. The highest BCUT2D eigenvalue weighted by atomic mass is 32.1. The number of carbonyl (C=O) groups excluding carboxylic acids is 1. The number of fused-ring (bicyclic) bond motifs is 1. The molecule has 2 heterocycles. The highest BCUT2D eigenvalue weighted by Crippen LogP contribution is 2.29. The molecule has 0 aromatic carbocycles. The molecule has 0 aliphatic rings. The van der Waals surface area contributed by atoms with Crippen LogP contribution in [0.4, 0.5) is 0 Å². The number of thiophene rings is 1. The fourth-order valence-corrected chi connectivity index (χ4v) is 3.71. The standard InChI is InChI=1S/C14H17NO2S/c1-6-15-8(3)12(9(4)16)13(17)11-7(2)10(5)18-14(11)15/h6H2,1-5H3. The Bertz CT molecular complexity index is 707. The molecule has 0 fully saturated rings. The number of pyridine rings is 1. The second-order valence-corrected chi connectivity index (χ2v) is 5.76.